The average molecular weight is 291 g/mol. The maximum absolute atomic E-state index is 9.97. The lowest BCUT2D eigenvalue weighted by molar-refractivity contribution is 0.139. The Hall–Kier alpha value is -0.940. The fourth-order valence-corrected chi connectivity index (χ4v) is 3.09. The SMILES string of the molecule is CNC(CO)(CCN1CCCN(C)CC1)c1ccccc1. The van der Waals surface area contributed by atoms with E-state index in [1.54, 1.807) is 0 Å². The van der Waals surface area contributed by atoms with E-state index < -0.39 is 0 Å². The monoisotopic (exact) mass is 291 g/mol. The number of hydrogen-bond acceptors (Lipinski definition) is 4. The van der Waals surface area contributed by atoms with Crippen LogP contribution in [0.1, 0.15) is 18.4 Å². The summed E-state index contributed by atoms with van der Waals surface area (Å²) in [6.45, 7) is 5.75. The topological polar surface area (TPSA) is 38.7 Å². The fraction of sp³-hybridized carbons (Fsp3) is 0.647. The Morgan fingerprint density at radius 1 is 1.14 bits per heavy atom. The van der Waals surface area contributed by atoms with Crippen LogP contribution in [0.3, 0.4) is 0 Å². The predicted molar refractivity (Wildman–Crippen MR) is 87.4 cm³/mol. The van der Waals surface area contributed by atoms with Gasteiger partial charge in [-0.1, -0.05) is 30.3 Å². The molecule has 0 radical (unpaired) electrons. The van der Waals surface area contributed by atoms with Gasteiger partial charge >= 0.3 is 0 Å². The van der Waals surface area contributed by atoms with E-state index in [2.05, 4.69) is 34.3 Å². The van der Waals surface area contributed by atoms with Crippen LogP contribution in [0.15, 0.2) is 30.3 Å². The number of likely N-dealkylation sites (N-methyl/N-ethyl adjacent to an activating group) is 2. The molecule has 1 heterocycles. The number of benzene rings is 1. The number of nitrogens with one attached hydrogen (secondary N) is 1. The molecule has 2 N–H and O–H groups in total. The van der Waals surface area contributed by atoms with E-state index in [4.69, 9.17) is 0 Å². The summed E-state index contributed by atoms with van der Waals surface area (Å²) in [5.41, 5.74) is 0.835. The van der Waals surface area contributed by atoms with Crippen molar-refractivity contribution in [1.82, 2.24) is 15.1 Å². The number of aliphatic hydroxyl groups is 1. The van der Waals surface area contributed by atoms with Crippen molar-refractivity contribution in [2.24, 2.45) is 0 Å². The molecule has 0 aromatic heterocycles. The predicted octanol–water partition coefficient (Wildman–Crippen LogP) is 1.12. The van der Waals surface area contributed by atoms with Gasteiger partial charge < -0.3 is 20.2 Å². The molecule has 1 saturated heterocycles. The van der Waals surface area contributed by atoms with Gasteiger partial charge in [-0.05, 0) is 45.6 Å². The minimum absolute atomic E-state index is 0.126. The third-order valence-corrected chi connectivity index (χ3v) is 4.74. The Labute approximate surface area is 128 Å². The lowest BCUT2D eigenvalue weighted by Gasteiger charge is -2.34. The molecule has 1 unspecified atom stereocenters. The Kier molecular flexibility index (Phi) is 6.18. The van der Waals surface area contributed by atoms with Crippen LogP contribution in [0.5, 0.6) is 0 Å². The molecule has 1 aliphatic rings. The molecule has 0 saturated carbocycles. The lowest BCUT2D eigenvalue weighted by atomic mass is 9.87. The van der Waals surface area contributed by atoms with Gasteiger partial charge in [0.15, 0.2) is 0 Å². The first-order valence-electron chi connectivity index (χ1n) is 7.96. The van der Waals surface area contributed by atoms with Gasteiger partial charge in [-0.15, -0.1) is 0 Å². The van der Waals surface area contributed by atoms with Gasteiger partial charge in [0.05, 0.1) is 12.1 Å². The van der Waals surface area contributed by atoms with Gasteiger partial charge in [-0.3, -0.25) is 0 Å². The van der Waals surface area contributed by atoms with Gasteiger partial charge in [-0.25, -0.2) is 0 Å². The first kappa shape index (κ1) is 16.4. The summed E-state index contributed by atoms with van der Waals surface area (Å²) in [5, 5.41) is 13.3. The second-order valence-electron chi connectivity index (χ2n) is 6.10. The second-order valence-corrected chi connectivity index (χ2v) is 6.10. The van der Waals surface area contributed by atoms with Gasteiger partial charge in [0, 0.05) is 19.6 Å². The quantitative estimate of drug-likeness (QED) is 0.824. The van der Waals surface area contributed by atoms with Crippen molar-refractivity contribution in [3.63, 3.8) is 0 Å². The van der Waals surface area contributed by atoms with Crippen LogP contribution in [0.2, 0.25) is 0 Å². The third-order valence-electron chi connectivity index (χ3n) is 4.74. The first-order chi connectivity index (χ1) is 10.2. The Bertz CT molecular complexity index is 406. The summed E-state index contributed by atoms with van der Waals surface area (Å²) in [7, 11) is 4.14. The van der Waals surface area contributed by atoms with Crippen LogP contribution in [0.25, 0.3) is 0 Å². The summed E-state index contributed by atoms with van der Waals surface area (Å²) in [6, 6.07) is 10.3. The van der Waals surface area contributed by atoms with E-state index in [1.165, 1.54) is 18.5 Å². The highest BCUT2D eigenvalue weighted by Crippen LogP contribution is 2.24. The molecule has 1 fully saturated rings. The molecule has 2 rings (SSSR count). The van der Waals surface area contributed by atoms with Gasteiger partial charge in [0.1, 0.15) is 0 Å². The van der Waals surface area contributed by atoms with Crippen LogP contribution in [-0.2, 0) is 5.54 Å². The molecule has 118 valence electrons. The highest BCUT2D eigenvalue weighted by molar-refractivity contribution is 5.24. The van der Waals surface area contributed by atoms with Crippen molar-refractivity contribution in [3.05, 3.63) is 35.9 Å². The van der Waals surface area contributed by atoms with Crippen LogP contribution < -0.4 is 5.32 Å². The minimum Gasteiger partial charge on any atom is -0.394 e. The summed E-state index contributed by atoms with van der Waals surface area (Å²) < 4.78 is 0. The zero-order chi connectivity index (χ0) is 15.1. The highest BCUT2D eigenvalue weighted by Gasteiger charge is 2.30. The Balaban J connectivity index is 2.00. The standard InChI is InChI=1S/C17H29N3O/c1-18-17(15-21,16-7-4-3-5-8-16)9-12-20-11-6-10-19(2)13-14-20/h3-5,7-8,18,21H,6,9-15H2,1-2H3. The molecular formula is C17H29N3O. The number of rotatable bonds is 6. The second kappa shape index (κ2) is 7.90. The maximum Gasteiger partial charge on any atom is 0.0678 e. The van der Waals surface area contributed by atoms with Crippen molar-refractivity contribution in [1.29, 1.82) is 0 Å². The average Bonchev–Trinajstić information content (AvgIpc) is 2.74. The lowest BCUT2D eigenvalue weighted by Crippen LogP contribution is -2.46. The van der Waals surface area contributed by atoms with Crippen LogP contribution in [0.4, 0.5) is 0 Å². The van der Waals surface area contributed by atoms with E-state index in [9.17, 15) is 5.11 Å². The van der Waals surface area contributed by atoms with E-state index in [1.807, 2.05) is 25.2 Å². The molecule has 1 atom stereocenters. The zero-order valence-electron chi connectivity index (χ0n) is 13.4. The molecule has 4 nitrogen and oxygen atoms in total. The number of nitrogens with zero attached hydrogens (tertiary/aromatic N) is 2. The summed E-state index contributed by atoms with van der Waals surface area (Å²) in [6.07, 6.45) is 2.15. The zero-order valence-corrected chi connectivity index (χ0v) is 13.4. The summed E-state index contributed by atoms with van der Waals surface area (Å²) in [4.78, 5) is 4.92. The molecule has 0 aliphatic carbocycles. The van der Waals surface area contributed by atoms with Crippen LogP contribution >= 0.6 is 0 Å². The van der Waals surface area contributed by atoms with Crippen molar-refractivity contribution in [2.45, 2.75) is 18.4 Å². The fourth-order valence-electron chi connectivity index (χ4n) is 3.09. The highest BCUT2D eigenvalue weighted by atomic mass is 16.3. The van der Waals surface area contributed by atoms with E-state index >= 15 is 0 Å². The molecule has 21 heavy (non-hydrogen) atoms. The molecule has 0 spiro atoms. The van der Waals surface area contributed by atoms with E-state index in [-0.39, 0.29) is 12.1 Å². The normalized spacial score (nSPS) is 20.9. The summed E-state index contributed by atoms with van der Waals surface area (Å²) >= 11 is 0. The van der Waals surface area contributed by atoms with Crippen molar-refractivity contribution >= 4 is 0 Å². The third kappa shape index (κ3) is 4.27. The van der Waals surface area contributed by atoms with Gasteiger partial charge in [0.2, 0.25) is 0 Å². The molecule has 0 bridgehead atoms. The van der Waals surface area contributed by atoms with Gasteiger partial charge in [0.25, 0.3) is 0 Å². The van der Waals surface area contributed by atoms with E-state index in [0.717, 1.165) is 32.6 Å². The molecule has 4 heteroatoms. The largest absolute Gasteiger partial charge is 0.394 e. The van der Waals surface area contributed by atoms with Crippen molar-refractivity contribution < 1.29 is 5.11 Å². The van der Waals surface area contributed by atoms with Crippen molar-refractivity contribution in [3.8, 4) is 0 Å². The number of aliphatic hydroxyl groups excluding tert-OH is 1. The van der Waals surface area contributed by atoms with Crippen molar-refractivity contribution in [2.75, 3.05) is 53.4 Å². The first-order valence-corrected chi connectivity index (χ1v) is 7.96. The van der Waals surface area contributed by atoms with Crippen LogP contribution in [0, 0.1) is 0 Å². The smallest absolute Gasteiger partial charge is 0.0678 e. The van der Waals surface area contributed by atoms with Crippen LogP contribution in [-0.4, -0.2) is 68.3 Å². The molecule has 0 amide bonds. The molecule has 1 aliphatic heterocycles. The molecular weight excluding hydrogens is 262 g/mol. The Morgan fingerprint density at radius 3 is 2.57 bits per heavy atom. The summed E-state index contributed by atoms with van der Waals surface area (Å²) in [5.74, 6) is 0. The Morgan fingerprint density at radius 2 is 1.90 bits per heavy atom. The maximum atomic E-state index is 9.97. The van der Waals surface area contributed by atoms with Gasteiger partial charge in [-0.2, -0.15) is 0 Å². The molecule has 1 aromatic carbocycles. The van der Waals surface area contributed by atoms with E-state index in [0.29, 0.717) is 0 Å². The number of hydrogen-bond donors (Lipinski definition) is 2. The molecule has 1 aromatic rings. The minimum atomic E-state index is -0.334.